The quantitative estimate of drug-likeness (QED) is 0.899. The zero-order chi connectivity index (χ0) is 14.8. The van der Waals surface area contributed by atoms with Gasteiger partial charge in [0.15, 0.2) is 0 Å². The van der Waals surface area contributed by atoms with E-state index in [1.807, 2.05) is 6.92 Å². The predicted octanol–water partition coefficient (Wildman–Crippen LogP) is 4.18. The Labute approximate surface area is 117 Å². The molecule has 0 radical (unpaired) electrons. The second-order valence-corrected chi connectivity index (χ2v) is 5.83. The second kappa shape index (κ2) is 5.90. The highest BCUT2D eigenvalue weighted by molar-refractivity contribution is 5.75. The van der Waals surface area contributed by atoms with Crippen LogP contribution < -0.4 is 0 Å². The van der Waals surface area contributed by atoms with E-state index in [2.05, 4.69) is 0 Å². The maximum atomic E-state index is 13.8. The number of halogens is 2. The predicted molar refractivity (Wildman–Crippen MR) is 72.4 cm³/mol. The van der Waals surface area contributed by atoms with Crippen molar-refractivity contribution in [3.05, 3.63) is 35.4 Å². The van der Waals surface area contributed by atoms with E-state index >= 15 is 0 Å². The first-order valence-corrected chi connectivity index (χ1v) is 7.15. The van der Waals surface area contributed by atoms with Crippen molar-refractivity contribution in [2.24, 2.45) is 11.3 Å². The largest absolute Gasteiger partial charge is 0.481 e. The average molecular weight is 282 g/mol. The molecule has 1 aliphatic carbocycles. The lowest BCUT2D eigenvalue weighted by Crippen LogP contribution is -2.38. The molecule has 2 atom stereocenters. The highest BCUT2D eigenvalue weighted by atomic mass is 19.1. The van der Waals surface area contributed by atoms with E-state index in [1.54, 1.807) is 0 Å². The maximum absolute atomic E-state index is 13.8. The number of benzene rings is 1. The summed E-state index contributed by atoms with van der Waals surface area (Å²) in [5.74, 6) is -1.90. The fourth-order valence-electron chi connectivity index (χ4n) is 3.30. The van der Waals surface area contributed by atoms with E-state index in [4.69, 9.17) is 0 Å². The molecule has 0 aromatic heterocycles. The molecule has 1 saturated carbocycles. The van der Waals surface area contributed by atoms with Crippen LogP contribution >= 0.6 is 0 Å². The number of hydrogen-bond donors (Lipinski definition) is 1. The standard InChI is InChI=1S/C16H20F2O2/c1-2-11-5-4-8-16(9-11,15(19)20)10-12-13(17)6-3-7-14(12)18/h3,6-7,11H,2,4-5,8-10H2,1H3,(H,19,20). The van der Waals surface area contributed by atoms with Crippen LogP contribution in [-0.2, 0) is 11.2 Å². The summed E-state index contributed by atoms with van der Waals surface area (Å²) in [6.07, 6.45) is 3.66. The topological polar surface area (TPSA) is 37.3 Å². The van der Waals surface area contributed by atoms with Gasteiger partial charge < -0.3 is 5.11 Å². The molecule has 20 heavy (non-hydrogen) atoms. The number of carbonyl (C=O) groups is 1. The first kappa shape index (κ1) is 14.9. The highest BCUT2D eigenvalue weighted by Gasteiger charge is 2.43. The monoisotopic (exact) mass is 282 g/mol. The summed E-state index contributed by atoms with van der Waals surface area (Å²) in [5.41, 5.74) is -1.12. The van der Waals surface area contributed by atoms with Crippen molar-refractivity contribution in [3.8, 4) is 0 Å². The molecular weight excluding hydrogens is 262 g/mol. The van der Waals surface area contributed by atoms with Gasteiger partial charge in [-0.25, -0.2) is 8.78 Å². The van der Waals surface area contributed by atoms with Crippen molar-refractivity contribution in [1.82, 2.24) is 0 Å². The summed E-state index contributed by atoms with van der Waals surface area (Å²) in [6, 6.07) is 3.68. The van der Waals surface area contributed by atoms with E-state index in [0.29, 0.717) is 18.8 Å². The van der Waals surface area contributed by atoms with Crippen LogP contribution in [-0.4, -0.2) is 11.1 Å². The summed E-state index contributed by atoms with van der Waals surface area (Å²) >= 11 is 0. The molecule has 2 nitrogen and oxygen atoms in total. The number of carboxylic acids is 1. The summed E-state index contributed by atoms with van der Waals surface area (Å²) in [6.45, 7) is 2.03. The Kier molecular flexibility index (Phi) is 4.41. The van der Waals surface area contributed by atoms with Crippen molar-refractivity contribution >= 4 is 5.97 Å². The summed E-state index contributed by atoms with van der Waals surface area (Å²) in [4.78, 5) is 11.7. The van der Waals surface area contributed by atoms with Gasteiger partial charge in [-0.15, -0.1) is 0 Å². The summed E-state index contributed by atoms with van der Waals surface area (Å²) < 4.78 is 27.6. The van der Waals surface area contributed by atoms with Crippen LogP contribution in [0.5, 0.6) is 0 Å². The van der Waals surface area contributed by atoms with Crippen LogP contribution in [0, 0.1) is 23.0 Å². The first-order valence-electron chi connectivity index (χ1n) is 7.15. The number of hydrogen-bond acceptors (Lipinski definition) is 1. The minimum absolute atomic E-state index is 0.0582. The first-order chi connectivity index (χ1) is 9.48. The van der Waals surface area contributed by atoms with Crippen molar-refractivity contribution in [1.29, 1.82) is 0 Å². The fourth-order valence-corrected chi connectivity index (χ4v) is 3.30. The van der Waals surface area contributed by atoms with E-state index < -0.39 is 23.0 Å². The lowest BCUT2D eigenvalue weighted by atomic mass is 9.66. The minimum atomic E-state index is -1.03. The van der Waals surface area contributed by atoms with Crippen LogP contribution in [0.2, 0.25) is 0 Å². The second-order valence-electron chi connectivity index (χ2n) is 5.83. The molecule has 1 aliphatic rings. The highest BCUT2D eigenvalue weighted by Crippen LogP contribution is 2.44. The van der Waals surface area contributed by atoms with E-state index in [-0.39, 0.29) is 12.0 Å². The molecule has 1 aromatic rings. The van der Waals surface area contributed by atoms with Gasteiger partial charge in [0.1, 0.15) is 11.6 Å². The van der Waals surface area contributed by atoms with Gasteiger partial charge in [0.05, 0.1) is 5.41 Å². The Hall–Kier alpha value is -1.45. The third kappa shape index (κ3) is 2.84. The molecule has 0 amide bonds. The number of rotatable bonds is 4. The Balaban J connectivity index is 2.32. The Morgan fingerprint density at radius 1 is 1.40 bits per heavy atom. The van der Waals surface area contributed by atoms with Gasteiger partial charge in [-0.3, -0.25) is 4.79 Å². The SMILES string of the molecule is CCC1CCCC(Cc2c(F)cccc2F)(C(=O)O)C1. The maximum Gasteiger partial charge on any atom is 0.309 e. The van der Waals surface area contributed by atoms with Crippen molar-refractivity contribution in [2.45, 2.75) is 45.4 Å². The molecule has 110 valence electrons. The normalized spacial score (nSPS) is 26.4. The number of carboxylic acid groups (broad SMARTS) is 1. The van der Waals surface area contributed by atoms with Crippen LogP contribution in [0.1, 0.15) is 44.6 Å². The van der Waals surface area contributed by atoms with Crippen LogP contribution in [0.4, 0.5) is 8.78 Å². The molecule has 1 aromatic carbocycles. The minimum Gasteiger partial charge on any atom is -0.481 e. The molecule has 1 fully saturated rings. The zero-order valence-electron chi connectivity index (χ0n) is 11.7. The lowest BCUT2D eigenvalue weighted by Gasteiger charge is -2.37. The van der Waals surface area contributed by atoms with Gasteiger partial charge >= 0.3 is 5.97 Å². The van der Waals surface area contributed by atoms with Crippen molar-refractivity contribution in [2.75, 3.05) is 0 Å². The van der Waals surface area contributed by atoms with E-state index in [0.717, 1.165) is 19.3 Å². The molecule has 0 saturated heterocycles. The van der Waals surface area contributed by atoms with Gasteiger partial charge in [0.2, 0.25) is 0 Å². The van der Waals surface area contributed by atoms with Gasteiger partial charge in [-0.05, 0) is 37.3 Å². The van der Waals surface area contributed by atoms with Gasteiger partial charge in [-0.1, -0.05) is 32.3 Å². The molecule has 4 heteroatoms. The molecule has 0 spiro atoms. The molecule has 2 rings (SSSR count). The smallest absolute Gasteiger partial charge is 0.309 e. The third-order valence-corrected chi connectivity index (χ3v) is 4.55. The Morgan fingerprint density at radius 3 is 2.60 bits per heavy atom. The fraction of sp³-hybridized carbons (Fsp3) is 0.562. The third-order valence-electron chi connectivity index (χ3n) is 4.55. The Bertz CT molecular complexity index is 481. The van der Waals surface area contributed by atoms with Gasteiger partial charge in [0, 0.05) is 5.56 Å². The molecule has 0 aliphatic heterocycles. The van der Waals surface area contributed by atoms with Gasteiger partial charge in [0.25, 0.3) is 0 Å². The summed E-state index contributed by atoms with van der Waals surface area (Å²) in [7, 11) is 0. The molecule has 0 heterocycles. The van der Waals surface area contributed by atoms with Crippen molar-refractivity contribution < 1.29 is 18.7 Å². The van der Waals surface area contributed by atoms with Gasteiger partial charge in [-0.2, -0.15) is 0 Å². The molecular formula is C16H20F2O2. The molecule has 0 bridgehead atoms. The summed E-state index contributed by atoms with van der Waals surface area (Å²) in [5, 5.41) is 9.60. The number of aliphatic carboxylic acids is 1. The van der Waals surface area contributed by atoms with E-state index in [1.165, 1.54) is 18.2 Å². The lowest BCUT2D eigenvalue weighted by molar-refractivity contribution is -0.152. The van der Waals surface area contributed by atoms with E-state index in [9.17, 15) is 18.7 Å². The van der Waals surface area contributed by atoms with Crippen LogP contribution in [0.25, 0.3) is 0 Å². The van der Waals surface area contributed by atoms with Crippen molar-refractivity contribution in [3.63, 3.8) is 0 Å². The van der Waals surface area contributed by atoms with Crippen LogP contribution in [0.15, 0.2) is 18.2 Å². The average Bonchev–Trinajstić information content (AvgIpc) is 2.43. The Morgan fingerprint density at radius 2 is 2.05 bits per heavy atom. The molecule has 1 N–H and O–H groups in total. The molecule has 2 unspecified atom stereocenters. The zero-order valence-corrected chi connectivity index (χ0v) is 11.7. The van der Waals surface area contributed by atoms with Crippen LogP contribution in [0.3, 0.4) is 0 Å².